The van der Waals surface area contributed by atoms with Crippen LogP contribution in [-0.4, -0.2) is 22.2 Å². The number of phenolic OH excluding ortho intramolecular Hbond substituents is 2. The van der Waals surface area contributed by atoms with Crippen LogP contribution >= 0.6 is 0 Å². The van der Waals surface area contributed by atoms with Gasteiger partial charge in [0, 0.05) is 17.7 Å². The van der Waals surface area contributed by atoms with E-state index in [-0.39, 0.29) is 28.9 Å². The Bertz CT molecular complexity index is 620. The van der Waals surface area contributed by atoms with Gasteiger partial charge in [-0.3, -0.25) is 4.79 Å². The van der Waals surface area contributed by atoms with E-state index >= 15 is 0 Å². The molecule has 1 amide bonds. The average molecular weight is 289 g/mol. The van der Waals surface area contributed by atoms with Crippen molar-refractivity contribution in [2.45, 2.75) is 19.4 Å². The number of carbonyl (C=O) groups excluding carboxylic acids is 1. The lowest BCUT2D eigenvalue weighted by molar-refractivity contribution is 0.0939. The SMILES string of the molecule is CC(Cc1ccc(F)cc1)NC(=O)c1cc(O)cc(O)c1. The first-order valence-corrected chi connectivity index (χ1v) is 6.52. The molecule has 0 aliphatic carbocycles. The highest BCUT2D eigenvalue weighted by molar-refractivity contribution is 5.95. The van der Waals surface area contributed by atoms with Crippen molar-refractivity contribution in [3.05, 3.63) is 59.4 Å². The maximum absolute atomic E-state index is 12.8. The fourth-order valence-corrected chi connectivity index (χ4v) is 2.06. The van der Waals surface area contributed by atoms with Crippen molar-refractivity contribution in [2.24, 2.45) is 0 Å². The van der Waals surface area contributed by atoms with Crippen LogP contribution in [0.3, 0.4) is 0 Å². The molecule has 110 valence electrons. The molecule has 2 aromatic rings. The lowest BCUT2D eigenvalue weighted by Gasteiger charge is -2.14. The number of phenols is 2. The zero-order valence-electron chi connectivity index (χ0n) is 11.5. The monoisotopic (exact) mass is 289 g/mol. The van der Waals surface area contributed by atoms with Crippen molar-refractivity contribution >= 4 is 5.91 Å². The highest BCUT2D eigenvalue weighted by Gasteiger charge is 2.12. The third kappa shape index (κ3) is 4.21. The Morgan fingerprint density at radius 3 is 2.29 bits per heavy atom. The van der Waals surface area contributed by atoms with Gasteiger partial charge in [0.2, 0.25) is 0 Å². The second kappa shape index (κ2) is 6.26. The first-order chi connectivity index (χ1) is 9.94. The number of aromatic hydroxyl groups is 2. The van der Waals surface area contributed by atoms with Gasteiger partial charge in [-0.1, -0.05) is 12.1 Å². The van der Waals surface area contributed by atoms with Crippen LogP contribution in [-0.2, 0) is 6.42 Å². The molecular weight excluding hydrogens is 273 g/mol. The Morgan fingerprint density at radius 2 is 1.71 bits per heavy atom. The van der Waals surface area contributed by atoms with Gasteiger partial charge in [-0.25, -0.2) is 4.39 Å². The third-order valence-electron chi connectivity index (χ3n) is 3.00. The molecule has 0 radical (unpaired) electrons. The van der Waals surface area contributed by atoms with Gasteiger partial charge in [-0.15, -0.1) is 0 Å². The smallest absolute Gasteiger partial charge is 0.251 e. The Morgan fingerprint density at radius 1 is 1.14 bits per heavy atom. The maximum Gasteiger partial charge on any atom is 0.251 e. The first kappa shape index (κ1) is 14.8. The minimum Gasteiger partial charge on any atom is -0.508 e. The molecule has 0 heterocycles. The zero-order chi connectivity index (χ0) is 15.4. The van der Waals surface area contributed by atoms with E-state index in [0.29, 0.717) is 6.42 Å². The van der Waals surface area contributed by atoms with Gasteiger partial charge in [0.25, 0.3) is 5.91 Å². The first-order valence-electron chi connectivity index (χ1n) is 6.52. The van der Waals surface area contributed by atoms with E-state index in [2.05, 4.69) is 5.32 Å². The van der Waals surface area contributed by atoms with E-state index in [1.54, 1.807) is 12.1 Å². The van der Waals surface area contributed by atoms with E-state index in [0.717, 1.165) is 11.6 Å². The average Bonchev–Trinajstić information content (AvgIpc) is 2.40. The standard InChI is InChI=1S/C16H16FNO3/c1-10(6-11-2-4-13(17)5-3-11)18-16(21)12-7-14(19)9-15(20)8-12/h2-5,7-10,19-20H,6H2,1H3,(H,18,21). The summed E-state index contributed by atoms with van der Waals surface area (Å²) >= 11 is 0. The molecule has 0 fully saturated rings. The summed E-state index contributed by atoms with van der Waals surface area (Å²) in [6.07, 6.45) is 0.552. The number of nitrogens with one attached hydrogen (secondary N) is 1. The van der Waals surface area contributed by atoms with E-state index in [1.807, 2.05) is 6.92 Å². The summed E-state index contributed by atoms with van der Waals surface area (Å²) in [4.78, 5) is 12.0. The molecule has 0 saturated heterocycles. The number of hydrogen-bond donors (Lipinski definition) is 3. The van der Waals surface area contributed by atoms with Crippen molar-refractivity contribution in [1.82, 2.24) is 5.32 Å². The molecule has 5 heteroatoms. The van der Waals surface area contributed by atoms with Crippen molar-refractivity contribution in [2.75, 3.05) is 0 Å². The van der Waals surface area contributed by atoms with Crippen molar-refractivity contribution in [3.8, 4) is 11.5 Å². The second-order valence-electron chi connectivity index (χ2n) is 4.94. The number of rotatable bonds is 4. The Balaban J connectivity index is 2.00. The molecule has 3 N–H and O–H groups in total. The molecular formula is C16H16FNO3. The van der Waals surface area contributed by atoms with E-state index in [9.17, 15) is 19.4 Å². The van der Waals surface area contributed by atoms with Gasteiger partial charge in [-0.2, -0.15) is 0 Å². The molecule has 2 rings (SSSR count). The number of halogens is 1. The highest BCUT2D eigenvalue weighted by atomic mass is 19.1. The Hall–Kier alpha value is -2.56. The summed E-state index contributed by atoms with van der Waals surface area (Å²) in [6, 6.07) is 9.61. The van der Waals surface area contributed by atoms with Crippen LogP contribution in [0, 0.1) is 5.82 Å². The van der Waals surface area contributed by atoms with Crippen LogP contribution in [0.15, 0.2) is 42.5 Å². The van der Waals surface area contributed by atoms with E-state index < -0.39 is 5.91 Å². The minimum absolute atomic E-state index is 0.174. The normalized spacial score (nSPS) is 11.9. The molecule has 0 aliphatic heterocycles. The molecule has 1 atom stereocenters. The third-order valence-corrected chi connectivity index (χ3v) is 3.00. The van der Waals surface area contributed by atoms with Gasteiger partial charge in [0.15, 0.2) is 0 Å². The number of benzene rings is 2. The molecule has 21 heavy (non-hydrogen) atoms. The lowest BCUT2D eigenvalue weighted by atomic mass is 10.1. The fourth-order valence-electron chi connectivity index (χ4n) is 2.06. The van der Waals surface area contributed by atoms with E-state index in [4.69, 9.17) is 0 Å². The van der Waals surface area contributed by atoms with Crippen molar-refractivity contribution < 1.29 is 19.4 Å². The second-order valence-corrected chi connectivity index (χ2v) is 4.94. The van der Waals surface area contributed by atoms with Crippen LogP contribution in [0.4, 0.5) is 4.39 Å². The minimum atomic E-state index is -0.393. The topological polar surface area (TPSA) is 69.6 Å². The van der Waals surface area contributed by atoms with Crippen molar-refractivity contribution in [1.29, 1.82) is 0 Å². The molecule has 0 aliphatic rings. The fraction of sp³-hybridized carbons (Fsp3) is 0.188. The molecule has 2 aromatic carbocycles. The predicted molar refractivity (Wildman–Crippen MR) is 76.8 cm³/mol. The summed E-state index contributed by atoms with van der Waals surface area (Å²) in [5.74, 6) is -1.04. The molecule has 0 aromatic heterocycles. The largest absolute Gasteiger partial charge is 0.508 e. The molecule has 0 bridgehead atoms. The number of carbonyl (C=O) groups is 1. The maximum atomic E-state index is 12.8. The predicted octanol–water partition coefficient (Wildman–Crippen LogP) is 2.60. The quantitative estimate of drug-likeness (QED) is 0.810. The summed E-state index contributed by atoms with van der Waals surface area (Å²) in [7, 11) is 0. The van der Waals surface area contributed by atoms with Gasteiger partial charge in [0.1, 0.15) is 17.3 Å². The number of amides is 1. The van der Waals surface area contributed by atoms with Gasteiger partial charge < -0.3 is 15.5 Å². The molecule has 0 spiro atoms. The molecule has 0 saturated carbocycles. The highest BCUT2D eigenvalue weighted by Crippen LogP contribution is 2.20. The molecule has 4 nitrogen and oxygen atoms in total. The van der Waals surface area contributed by atoms with Crippen molar-refractivity contribution in [3.63, 3.8) is 0 Å². The van der Waals surface area contributed by atoms with Crippen LogP contribution in [0.1, 0.15) is 22.8 Å². The van der Waals surface area contributed by atoms with Gasteiger partial charge in [-0.05, 0) is 43.2 Å². The Kier molecular flexibility index (Phi) is 4.42. The van der Waals surface area contributed by atoms with Gasteiger partial charge >= 0.3 is 0 Å². The van der Waals surface area contributed by atoms with Crippen LogP contribution in [0.2, 0.25) is 0 Å². The van der Waals surface area contributed by atoms with E-state index in [1.165, 1.54) is 24.3 Å². The molecule has 1 unspecified atom stereocenters. The number of hydrogen-bond acceptors (Lipinski definition) is 3. The summed E-state index contributed by atoms with van der Waals surface area (Å²) in [5.41, 5.74) is 1.08. The lowest BCUT2D eigenvalue weighted by Crippen LogP contribution is -2.34. The summed E-state index contributed by atoms with van der Waals surface area (Å²) in [5, 5.41) is 21.5. The summed E-state index contributed by atoms with van der Waals surface area (Å²) in [6.45, 7) is 1.82. The van der Waals surface area contributed by atoms with Crippen LogP contribution < -0.4 is 5.32 Å². The van der Waals surface area contributed by atoms with Gasteiger partial charge in [0.05, 0.1) is 0 Å². The van der Waals surface area contributed by atoms with Crippen LogP contribution in [0.5, 0.6) is 11.5 Å². The zero-order valence-corrected chi connectivity index (χ0v) is 11.5. The summed E-state index contributed by atoms with van der Waals surface area (Å²) < 4.78 is 12.8. The van der Waals surface area contributed by atoms with Crippen LogP contribution in [0.25, 0.3) is 0 Å². The Labute approximate surface area is 121 Å².